The van der Waals surface area contributed by atoms with Crippen molar-refractivity contribution in [1.29, 1.82) is 0 Å². The van der Waals surface area contributed by atoms with Gasteiger partial charge in [0, 0.05) is 21.8 Å². The number of alkyl halides is 1. The quantitative estimate of drug-likeness (QED) is 0.473. The first-order valence-electron chi connectivity index (χ1n) is 8.26. The van der Waals surface area contributed by atoms with E-state index in [-0.39, 0.29) is 21.8 Å². The third-order valence-corrected chi connectivity index (χ3v) is 5.71. The van der Waals surface area contributed by atoms with Gasteiger partial charge in [0.05, 0.1) is 10.6 Å². The number of rotatable bonds is 6. The summed E-state index contributed by atoms with van der Waals surface area (Å²) in [6.45, 7) is 0. The molecule has 1 heterocycles. The molecule has 2 aromatic carbocycles. The number of carboxylic acid groups (broad SMARTS) is 1. The van der Waals surface area contributed by atoms with Crippen LogP contribution in [0.1, 0.15) is 15.9 Å². The highest BCUT2D eigenvalue weighted by Gasteiger charge is 2.25. The summed E-state index contributed by atoms with van der Waals surface area (Å²) in [5, 5.41) is 13.9. The van der Waals surface area contributed by atoms with E-state index in [1.165, 1.54) is 11.4 Å². The number of amides is 1. The van der Waals surface area contributed by atoms with Crippen molar-refractivity contribution in [2.45, 2.75) is 12.6 Å². The van der Waals surface area contributed by atoms with Gasteiger partial charge in [0.25, 0.3) is 5.91 Å². The average molecular weight is 456 g/mol. The minimum absolute atomic E-state index is 0.0227. The number of anilines is 1. The second kappa shape index (κ2) is 8.90. The second-order valence-corrected chi connectivity index (χ2v) is 7.79. The van der Waals surface area contributed by atoms with Crippen LogP contribution >= 0.6 is 34.5 Å². The lowest BCUT2D eigenvalue weighted by Crippen LogP contribution is -2.26. The molecule has 3 rings (SSSR count). The van der Waals surface area contributed by atoms with Crippen LogP contribution < -0.4 is 5.32 Å². The Labute approximate surface area is 178 Å². The predicted octanol–water partition coefficient (Wildman–Crippen LogP) is 6.08. The molecule has 4 nitrogen and oxygen atoms in total. The van der Waals surface area contributed by atoms with Gasteiger partial charge in [-0.05, 0) is 41.5 Å². The molecule has 0 bridgehead atoms. The molecule has 0 aliphatic rings. The number of hydrogen-bond acceptors (Lipinski definition) is 3. The molecular weight excluding hydrogens is 443 g/mol. The van der Waals surface area contributed by atoms with E-state index in [0.29, 0.717) is 15.5 Å². The van der Waals surface area contributed by atoms with Gasteiger partial charge in [0.2, 0.25) is 0 Å². The Balaban J connectivity index is 1.82. The predicted molar refractivity (Wildman–Crippen MR) is 110 cm³/mol. The minimum atomic E-state index is -2.05. The fourth-order valence-electron chi connectivity index (χ4n) is 2.67. The van der Waals surface area contributed by atoms with Crippen molar-refractivity contribution in [3.63, 3.8) is 0 Å². The molecule has 150 valence electrons. The molecule has 1 amide bonds. The van der Waals surface area contributed by atoms with E-state index in [1.54, 1.807) is 24.3 Å². The summed E-state index contributed by atoms with van der Waals surface area (Å²) >= 11 is 12.9. The smallest absolute Gasteiger partial charge is 0.339 e. The van der Waals surface area contributed by atoms with Crippen LogP contribution in [0.15, 0.2) is 47.8 Å². The van der Waals surface area contributed by atoms with Crippen molar-refractivity contribution in [1.82, 2.24) is 0 Å². The lowest BCUT2D eigenvalue weighted by molar-refractivity contribution is -0.120. The zero-order valence-corrected chi connectivity index (χ0v) is 16.9. The molecule has 0 aliphatic carbocycles. The van der Waals surface area contributed by atoms with E-state index in [0.717, 1.165) is 23.5 Å². The zero-order chi connectivity index (χ0) is 21.1. The van der Waals surface area contributed by atoms with Crippen molar-refractivity contribution >= 4 is 52.1 Å². The highest BCUT2D eigenvalue weighted by atomic mass is 35.5. The molecular formula is C20H13Cl2F2NO3S. The summed E-state index contributed by atoms with van der Waals surface area (Å²) in [6, 6.07) is 9.97. The molecule has 0 saturated carbocycles. The van der Waals surface area contributed by atoms with Gasteiger partial charge < -0.3 is 10.4 Å². The van der Waals surface area contributed by atoms with Crippen LogP contribution in [0.4, 0.5) is 14.5 Å². The molecule has 29 heavy (non-hydrogen) atoms. The summed E-state index contributed by atoms with van der Waals surface area (Å²) < 4.78 is 27.8. The van der Waals surface area contributed by atoms with E-state index >= 15 is 0 Å². The van der Waals surface area contributed by atoms with Crippen molar-refractivity contribution in [2.24, 2.45) is 0 Å². The van der Waals surface area contributed by atoms with E-state index in [2.05, 4.69) is 5.32 Å². The zero-order valence-electron chi connectivity index (χ0n) is 14.6. The summed E-state index contributed by atoms with van der Waals surface area (Å²) in [6.07, 6.45) is -2.49. The summed E-state index contributed by atoms with van der Waals surface area (Å²) in [5.74, 6) is -2.92. The molecule has 0 saturated heterocycles. The highest BCUT2D eigenvalue weighted by Crippen LogP contribution is 2.36. The SMILES string of the molecule is O=C(O)c1c(NC(=O)C(F)Cc2cc(F)ccc2Cl)csc1-c1ccc(Cl)cc1. The maximum Gasteiger partial charge on any atom is 0.339 e. The number of carboxylic acids is 1. The minimum Gasteiger partial charge on any atom is -0.478 e. The van der Waals surface area contributed by atoms with Crippen molar-refractivity contribution in [3.8, 4) is 10.4 Å². The molecule has 3 aromatic rings. The Hall–Kier alpha value is -2.48. The summed E-state index contributed by atoms with van der Waals surface area (Å²) in [4.78, 5) is 24.4. The van der Waals surface area contributed by atoms with Crippen LogP contribution in [0.2, 0.25) is 10.0 Å². The standard InChI is InChI=1S/C20H13Cl2F2NO3S/c21-12-3-1-10(2-4-12)18-17(20(27)28)16(9-29-18)25-19(26)15(24)8-11-7-13(23)5-6-14(11)22/h1-7,9,15H,8H2,(H,25,26)(H,27,28). The normalized spacial score (nSPS) is 11.9. The third kappa shape index (κ3) is 4.93. The van der Waals surface area contributed by atoms with Gasteiger partial charge in [-0.2, -0.15) is 0 Å². The van der Waals surface area contributed by atoms with Gasteiger partial charge in [-0.15, -0.1) is 11.3 Å². The lowest BCUT2D eigenvalue weighted by atomic mass is 10.1. The molecule has 0 fully saturated rings. The van der Waals surface area contributed by atoms with Gasteiger partial charge in [-0.3, -0.25) is 4.79 Å². The van der Waals surface area contributed by atoms with Crippen LogP contribution in [-0.2, 0) is 11.2 Å². The number of carbonyl (C=O) groups is 2. The second-order valence-electron chi connectivity index (χ2n) is 6.06. The van der Waals surface area contributed by atoms with Crippen LogP contribution in [0.3, 0.4) is 0 Å². The number of aromatic carboxylic acids is 1. The first-order chi connectivity index (χ1) is 13.8. The third-order valence-electron chi connectivity index (χ3n) is 4.06. The number of halogens is 4. The molecule has 0 aliphatic heterocycles. The van der Waals surface area contributed by atoms with Gasteiger partial charge in [0.1, 0.15) is 11.4 Å². The Kier molecular flexibility index (Phi) is 6.52. The van der Waals surface area contributed by atoms with Crippen LogP contribution in [0.25, 0.3) is 10.4 Å². The molecule has 1 atom stereocenters. The first kappa shape index (κ1) is 21.2. The van der Waals surface area contributed by atoms with Crippen molar-refractivity contribution in [2.75, 3.05) is 5.32 Å². The van der Waals surface area contributed by atoms with E-state index in [4.69, 9.17) is 23.2 Å². The lowest BCUT2D eigenvalue weighted by Gasteiger charge is -2.11. The van der Waals surface area contributed by atoms with E-state index < -0.39 is 30.3 Å². The largest absolute Gasteiger partial charge is 0.478 e. The fourth-order valence-corrected chi connectivity index (χ4v) is 3.99. The van der Waals surface area contributed by atoms with Gasteiger partial charge in [-0.25, -0.2) is 13.6 Å². The molecule has 1 aromatic heterocycles. The van der Waals surface area contributed by atoms with Crippen LogP contribution in [0.5, 0.6) is 0 Å². The average Bonchev–Trinajstić information content (AvgIpc) is 3.09. The first-order valence-corrected chi connectivity index (χ1v) is 9.89. The number of benzene rings is 2. The summed E-state index contributed by atoms with van der Waals surface area (Å²) in [7, 11) is 0. The van der Waals surface area contributed by atoms with E-state index in [1.807, 2.05) is 0 Å². The monoisotopic (exact) mass is 455 g/mol. The summed E-state index contributed by atoms with van der Waals surface area (Å²) in [5.41, 5.74) is 0.563. The number of carbonyl (C=O) groups excluding carboxylic acids is 1. The van der Waals surface area contributed by atoms with Gasteiger partial charge in [0.15, 0.2) is 6.17 Å². The maximum atomic E-state index is 14.4. The van der Waals surface area contributed by atoms with Crippen LogP contribution in [0, 0.1) is 5.82 Å². The maximum absolute atomic E-state index is 14.4. The Morgan fingerprint density at radius 1 is 1.14 bits per heavy atom. The van der Waals surface area contributed by atoms with Crippen LogP contribution in [-0.4, -0.2) is 23.2 Å². The molecule has 0 spiro atoms. The molecule has 0 radical (unpaired) electrons. The van der Waals surface area contributed by atoms with Crippen molar-refractivity contribution in [3.05, 3.63) is 74.8 Å². The number of nitrogens with one attached hydrogen (secondary N) is 1. The molecule has 1 unspecified atom stereocenters. The Morgan fingerprint density at radius 3 is 2.48 bits per heavy atom. The number of hydrogen-bond donors (Lipinski definition) is 2. The van der Waals surface area contributed by atoms with Crippen molar-refractivity contribution < 1.29 is 23.5 Å². The number of thiophene rings is 1. The topological polar surface area (TPSA) is 66.4 Å². The highest BCUT2D eigenvalue weighted by molar-refractivity contribution is 7.14. The Bertz CT molecular complexity index is 1070. The molecule has 2 N–H and O–H groups in total. The van der Waals surface area contributed by atoms with Gasteiger partial charge in [-0.1, -0.05) is 35.3 Å². The molecule has 9 heteroatoms. The van der Waals surface area contributed by atoms with E-state index in [9.17, 15) is 23.5 Å². The Morgan fingerprint density at radius 2 is 1.83 bits per heavy atom. The van der Waals surface area contributed by atoms with Gasteiger partial charge >= 0.3 is 5.97 Å². The fraction of sp³-hybridized carbons (Fsp3) is 0.100.